The lowest BCUT2D eigenvalue weighted by Crippen LogP contribution is -2.10. The molecule has 1 aromatic heterocycles. The maximum absolute atomic E-state index is 9.44. The Kier molecular flexibility index (Phi) is 1.25. The molecule has 2 rings (SSSR count). The summed E-state index contributed by atoms with van der Waals surface area (Å²) in [6.07, 6.45) is 2.53. The molecule has 1 N–H and O–H groups in total. The fourth-order valence-electron chi connectivity index (χ4n) is 0.919. The monoisotopic (exact) mass is 156 g/mol. The zero-order chi connectivity index (χ0) is 7.03. The molecule has 1 aliphatic rings. The van der Waals surface area contributed by atoms with E-state index in [0.717, 1.165) is 18.5 Å². The highest BCUT2D eigenvalue weighted by Gasteiger charge is 2.40. The summed E-state index contributed by atoms with van der Waals surface area (Å²) in [6.45, 7) is 0. The normalized spacial score (nSPS) is 20.9. The van der Waals surface area contributed by atoms with Crippen molar-refractivity contribution in [2.75, 3.05) is 0 Å². The number of aliphatic hydroxyl groups is 1. The third-order valence-electron chi connectivity index (χ3n) is 1.74. The fourth-order valence-corrected chi connectivity index (χ4v) is 1.37. The Balaban J connectivity index is 2.04. The van der Waals surface area contributed by atoms with Crippen LogP contribution in [0.25, 0.3) is 0 Å². The van der Waals surface area contributed by atoms with E-state index in [9.17, 15) is 5.11 Å². The van der Waals surface area contributed by atoms with Gasteiger partial charge in [0.05, 0.1) is 11.3 Å². The quantitative estimate of drug-likeness (QED) is 0.682. The van der Waals surface area contributed by atoms with E-state index >= 15 is 0 Å². The fraction of sp³-hybridized carbons (Fsp3) is 0.667. The van der Waals surface area contributed by atoms with Gasteiger partial charge in [0, 0.05) is 11.8 Å². The third kappa shape index (κ3) is 1.17. The van der Waals surface area contributed by atoms with E-state index in [1.54, 1.807) is 0 Å². The SMILES string of the molecule is OC1(Cc2csnn2)CC1. The summed E-state index contributed by atoms with van der Waals surface area (Å²) in [7, 11) is 0. The summed E-state index contributed by atoms with van der Waals surface area (Å²) in [4.78, 5) is 0. The molecule has 0 saturated heterocycles. The zero-order valence-electron chi connectivity index (χ0n) is 5.45. The zero-order valence-corrected chi connectivity index (χ0v) is 6.27. The first-order valence-corrected chi connectivity index (χ1v) is 4.10. The molecule has 1 heterocycles. The molecular formula is C6H8N2OS. The van der Waals surface area contributed by atoms with Crippen molar-refractivity contribution in [2.45, 2.75) is 24.9 Å². The van der Waals surface area contributed by atoms with Crippen molar-refractivity contribution in [2.24, 2.45) is 0 Å². The van der Waals surface area contributed by atoms with Crippen molar-refractivity contribution in [1.82, 2.24) is 9.59 Å². The van der Waals surface area contributed by atoms with E-state index in [1.165, 1.54) is 11.5 Å². The van der Waals surface area contributed by atoms with Crippen molar-refractivity contribution in [3.63, 3.8) is 0 Å². The Hall–Kier alpha value is -0.480. The number of rotatable bonds is 2. The van der Waals surface area contributed by atoms with Crippen LogP contribution in [0.5, 0.6) is 0 Å². The van der Waals surface area contributed by atoms with Gasteiger partial charge < -0.3 is 5.11 Å². The molecule has 10 heavy (non-hydrogen) atoms. The number of hydrogen-bond acceptors (Lipinski definition) is 4. The van der Waals surface area contributed by atoms with Gasteiger partial charge in [0.25, 0.3) is 0 Å². The van der Waals surface area contributed by atoms with Gasteiger partial charge in [-0.15, -0.1) is 5.10 Å². The van der Waals surface area contributed by atoms with Crippen molar-refractivity contribution in [3.8, 4) is 0 Å². The molecular weight excluding hydrogens is 148 g/mol. The minimum absolute atomic E-state index is 0.421. The number of aromatic nitrogens is 2. The first-order valence-electron chi connectivity index (χ1n) is 3.27. The van der Waals surface area contributed by atoms with Gasteiger partial charge in [-0.2, -0.15) is 0 Å². The van der Waals surface area contributed by atoms with Gasteiger partial charge in [-0.3, -0.25) is 0 Å². The summed E-state index contributed by atoms with van der Waals surface area (Å²) >= 11 is 1.34. The largest absolute Gasteiger partial charge is 0.389 e. The highest BCUT2D eigenvalue weighted by molar-refractivity contribution is 7.03. The molecule has 4 heteroatoms. The standard InChI is InChI=1S/C6H8N2OS/c9-6(1-2-6)3-5-4-10-8-7-5/h4,9H,1-3H2. The van der Waals surface area contributed by atoms with Gasteiger partial charge in [0.2, 0.25) is 0 Å². The molecule has 1 saturated carbocycles. The summed E-state index contributed by atoms with van der Waals surface area (Å²) in [5, 5.41) is 15.2. The molecule has 0 aromatic carbocycles. The Morgan fingerprint density at radius 2 is 2.50 bits per heavy atom. The molecule has 0 aliphatic heterocycles. The van der Waals surface area contributed by atoms with Crippen molar-refractivity contribution in [3.05, 3.63) is 11.1 Å². The van der Waals surface area contributed by atoms with Gasteiger partial charge in [-0.05, 0) is 24.4 Å². The molecule has 1 aliphatic carbocycles. The Morgan fingerprint density at radius 3 is 3.00 bits per heavy atom. The van der Waals surface area contributed by atoms with Crippen LogP contribution in [0, 0.1) is 0 Å². The lowest BCUT2D eigenvalue weighted by atomic mass is 10.2. The average molecular weight is 156 g/mol. The third-order valence-corrected chi connectivity index (χ3v) is 2.30. The summed E-state index contributed by atoms with van der Waals surface area (Å²) in [5.41, 5.74) is 0.500. The molecule has 1 aromatic rings. The van der Waals surface area contributed by atoms with Crippen LogP contribution in [-0.2, 0) is 6.42 Å². The number of hydrogen-bond donors (Lipinski definition) is 1. The molecule has 1 fully saturated rings. The lowest BCUT2D eigenvalue weighted by molar-refractivity contribution is 0.150. The molecule has 0 radical (unpaired) electrons. The maximum Gasteiger partial charge on any atom is 0.0784 e. The molecule has 0 amide bonds. The molecule has 0 unspecified atom stereocenters. The van der Waals surface area contributed by atoms with E-state index in [1.807, 2.05) is 5.38 Å². The second-order valence-electron chi connectivity index (χ2n) is 2.80. The van der Waals surface area contributed by atoms with Gasteiger partial charge in [0.1, 0.15) is 0 Å². The first kappa shape index (κ1) is 6.24. The lowest BCUT2D eigenvalue weighted by Gasteiger charge is -2.01. The van der Waals surface area contributed by atoms with Crippen LogP contribution in [0.1, 0.15) is 18.5 Å². The topological polar surface area (TPSA) is 46.0 Å². The average Bonchev–Trinajstić information content (AvgIpc) is 2.47. The van der Waals surface area contributed by atoms with Crippen LogP contribution < -0.4 is 0 Å². The Labute approximate surface area is 62.9 Å². The Morgan fingerprint density at radius 1 is 1.70 bits per heavy atom. The smallest absolute Gasteiger partial charge is 0.0784 e. The van der Waals surface area contributed by atoms with E-state index in [2.05, 4.69) is 9.59 Å². The minimum atomic E-state index is -0.421. The molecule has 0 spiro atoms. The van der Waals surface area contributed by atoms with E-state index in [-0.39, 0.29) is 0 Å². The predicted molar refractivity (Wildman–Crippen MR) is 37.8 cm³/mol. The highest BCUT2D eigenvalue weighted by atomic mass is 32.1. The summed E-state index contributed by atoms with van der Waals surface area (Å²) in [6, 6.07) is 0. The first-order chi connectivity index (χ1) is 4.79. The second kappa shape index (κ2) is 2.00. The van der Waals surface area contributed by atoms with Gasteiger partial charge in [-0.1, -0.05) is 4.49 Å². The van der Waals surface area contributed by atoms with Gasteiger partial charge in [0.15, 0.2) is 0 Å². The van der Waals surface area contributed by atoms with Crippen LogP contribution >= 0.6 is 11.5 Å². The summed E-state index contributed by atoms with van der Waals surface area (Å²) < 4.78 is 3.71. The molecule has 0 atom stereocenters. The highest BCUT2D eigenvalue weighted by Crippen LogP contribution is 2.37. The maximum atomic E-state index is 9.44. The predicted octanol–water partition coefficient (Wildman–Crippen LogP) is 0.605. The second-order valence-corrected chi connectivity index (χ2v) is 3.41. The van der Waals surface area contributed by atoms with Crippen LogP contribution in [0.2, 0.25) is 0 Å². The van der Waals surface area contributed by atoms with Crippen molar-refractivity contribution < 1.29 is 5.11 Å². The minimum Gasteiger partial charge on any atom is -0.389 e. The molecule has 0 bridgehead atoms. The van der Waals surface area contributed by atoms with Crippen LogP contribution in [0.4, 0.5) is 0 Å². The van der Waals surface area contributed by atoms with E-state index < -0.39 is 5.60 Å². The van der Waals surface area contributed by atoms with Crippen LogP contribution in [-0.4, -0.2) is 20.3 Å². The Bertz CT molecular complexity index is 218. The molecule has 54 valence electrons. The number of nitrogens with zero attached hydrogens (tertiary/aromatic N) is 2. The van der Waals surface area contributed by atoms with Crippen LogP contribution in [0.15, 0.2) is 5.38 Å². The van der Waals surface area contributed by atoms with Gasteiger partial charge in [-0.25, -0.2) is 0 Å². The van der Waals surface area contributed by atoms with Crippen molar-refractivity contribution >= 4 is 11.5 Å². The summed E-state index contributed by atoms with van der Waals surface area (Å²) in [5.74, 6) is 0. The van der Waals surface area contributed by atoms with Gasteiger partial charge >= 0.3 is 0 Å². The van der Waals surface area contributed by atoms with Crippen molar-refractivity contribution in [1.29, 1.82) is 0 Å². The van der Waals surface area contributed by atoms with E-state index in [4.69, 9.17) is 0 Å². The van der Waals surface area contributed by atoms with Crippen LogP contribution in [0.3, 0.4) is 0 Å². The molecule has 3 nitrogen and oxygen atoms in total. The van der Waals surface area contributed by atoms with E-state index in [0.29, 0.717) is 6.42 Å².